The van der Waals surface area contributed by atoms with Gasteiger partial charge in [0, 0.05) is 30.8 Å². The molecule has 0 bridgehead atoms. The summed E-state index contributed by atoms with van der Waals surface area (Å²) in [5.41, 5.74) is 4.72. The lowest BCUT2D eigenvalue weighted by atomic mass is 9.97. The molecule has 4 heteroatoms. The topological polar surface area (TPSA) is 38.8 Å². The van der Waals surface area contributed by atoms with E-state index in [2.05, 4.69) is 29.2 Å². The molecule has 2 aliphatic heterocycles. The second-order valence-electron chi connectivity index (χ2n) is 6.74. The summed E-state index contributed by atoms with van der Waals surface area (Å²) in [5, 5.41) is 0. The third kappa shape index (κ3) is 3.37. The Kier molecular flexibility index (Phi) is 4.76. The Morgan fingerprint density at radius 2 is 1.77 bits per heavy atom. The fourth-order valence-electron chi connectivity index (χ4n) is 3.51. The molecule has 2 aliphatic rings. The zero-order chi connectivity index (χ0) is 17.9. The Labute approximate surface area is 154 Å². The predicted octanol–water partition coefficient (Wildman–Crippen LogP) is 3.88. The smallest absolute Gasteiger partial charge is 0.192 e. The van der Waals surface area contributed by atoms with E-state index in [-0.39, 0.29) is 5.78 Å². The molecule has 0 spiro atoms. The van der Waals surface area contributed by atoms with Crippen LogP contribution in [0, 0.1) is 6.92 Å². The number of carbonyl (C=O) groups is 1. The van der Waals surface area contributed by atoms with E-state index < -0.39 is 0 Å². The number of para-hydroxylation sites is 1. The number of anilines is 1. The van der Waals surface area contributed by atoms with Crippen LogP contribution < -0.4 is 9.64 Å². The molecule has 0 amide bonds. The third-order valence-corrected chi connectivity index (χ3v) is 4.98. The van der Waals surface area contributed by atoms with Crippen molar-refractivity contribution in [1.82, 2.24) is 0 Å². The van der Waals surface area contributed by atoms with Crippen LogP contribution in [0.15, 0.2) is 48.0 Å². The van der Waals surface area contributed by atoms with Crippen LogP contribution in [-0.2, 0) is 4.74 Å². The van der Waals surface area contributed by atoms with Gasteiger partial charge in [0.2, 0.25) is 0 Å². The second kappa shape index (κ2) is 7.34. The first kappa shape index (κ1) is 16.9. The van der Waals surface area contributed by atoms with Crippen molar-refractivity contribution >= 4 is 17.5 Å². The van der Waals surface area contributed by atoms with E-state index in [1.165, 1.54) is 5.69 Å². The quantitative estimate of drug-likeness (QED) is 0.771. The van der Waals surface area contributed by atoms with Gasteiger partial charge in [-0.05, 0) is 42.3 Å². The molecule has 2 aromatic rings. The maximum Gasteiger partial charge on any atom is 0.192 e. The van der Waals surface area contributed by atoms with E-state index in [0.29, 0.717) is 18.6 Å². The maximum atomic E-state index is 12.9. The number of aryl methyl sites for hydroxylation is 1. The van der Waals surface area contributed by atoms with Gasteiger partial charge < -0.3 is 14.4 Å². The number of hydrogen-bond acceptors (Lipinski definition) is 4. The number of hydrogen-bond donors (Lipinski definition) is 0. The molecule has 0 atom stereocenters. The Morgan fingerprint density at radius 1 is 1.00 bits per heavy atom. The Bertz CT molecular complexity index is 833. The lowest BCUT2D eigenvalue weighted by molar-refractivity contribution is 0.103. The van der Waals surface area contributed by atoms with E-state index in [1.807, 2.05) is 31.2 Å². The molecule has 0 radical (unpaired) electrons. The summed E-state index contributed by atoms with van der Waals surface area (Å²) in [5.74, 6) is 0.794. The molecule has 0 aromatic heterocycles. The van der Waals surface area contributed by atoms with Crippen LogP contribution in [0.2, 0.25) is 0 Å². The van der Waals surface area contributed by atoms with Crippen molar-refractivity contribution in [3.05, 3.63) is 64.7 Å². The third-order valence-electron chi connectivity index (χ3n) is 4.98. The van der Waals surface area contributed by atoms with Crippen LogP contribution in [0.5, 0.6) is 5.75 Å². The highest BCUT2D eigenvalue weighted by Crippen LogP contribution is 2.30. The molecular weight excluding hydrogens is 326 g/mol. The Hall–Kier alpha value is -2.59. The molecule has 134 valence electrons. The van der Waals surface area contributed by atoms with Gasteiger partial charge in [-0.15, -0.1) is 0 Å². The van der Waals surface area contributed by atoms with Crippen molar-refractivity contribution in [2.75, 3.05) is 37.8 Å². The Balaban J connectivity index is 1.58. The van der Waals surface area contributed by atoms with E-state index in [0.717, 1.165) is 48.8 Å². The molecule has 0 N–H and O–H groups in total. The van der Waals surface area contributed by atoms with Gasteiger partial charge >= 0.3 is 0 Å². The van der Waals surface area contributed by atoms with Gasteiger partial charge in [0.25, 0.3) is 0 Å². The highest BCUT2D eigenvalue weighted by Gasteiger charge is 2.22. The van der Waals surface area contributed by atoms with Gasteiger partial charge in [0.15, 0.2) is 5.78 Å². The summed E-state index contributed by atoms with van der Waals surface area (Å²) in [6.45, 7) is 5.91. The van der Waals surface area contributed by atoms with Crippen LogP contribution in [-0.4, -0.2) is 38.7 Å². The molecule has 26 heavy (non-hydrogen) atoms. The van der Waals surface area contributed by atoms with Crippen molar-refractivity contribution in [2.45, 2.75) is 13.3 Å². The minimum absolute atomic E-state index is 0.0680. The normalized spacial score (nSPS) is 19.0. The zero-order valence-corrected chi connectivity index (χ0v) is 15.0. The summed E-state index contributed by atoms with van der Waals surface area (Å²) < 4.78 is 11.2. The lowest BCUT2D eigenvalue weighted by Gasteiger charge is -2.28. The van der Waals surface area contributed by atoms with Crippen LogP contribution in [0.1, 0.15) is 27.9 Å². The van der Waals surface area contributed by atoms with Gasteiger partial charge in [-0.25, -0.2) is 0 Å². The van der Waals surface area contributed by atoms with Crippen molar-refractivity contribution in [1.29, 1.82) is 0 Å². The number of benzene rings is 2. The van der Waals surface area contributed by atoms with Crippen molar-refractivity contribution in [2.24, 2.45) is 0 Å². The summed E-state index contributed by atoms with van der Waals surface area (Å²) >= 11 is 0. The number of ketones is 1. The summed E-state index contributed by atoms with van der Waals surface area (Å²) in [6.07, 6.45) is 2.62. The molecule has 4 rings (SSSR count). The number of fused-ring (bicyclic) bond motifs is 1. The highest BCUT2D eigenvalue weighted by molar-refractivity contribution is 6.13. The van der Waals surface area contributed by atoms with E-state index in [1.54, 1.807) is 0 Å². The van der Waals surface area contributed by atoms with E-state index >= 15 is 0 Å². The molecular formula is C22H23NO3. The lowest BCUT2D eigenvalue weighted by Crippen LogP contribution is -2.36. The predicted molar refractivity (Wildman–Crippen MR) is 103 cm³/mol. The maximum absolute atomic E-state index is 12.9. The molecule has 0 unspecified atom stereocenters. The standard InChI is InChI=1S/C22H23NO3/c1-16-3-2-4-20-21(24)18(9-12-26-22(16)20)15-17-5-7-19(8-6-17)23-10-13-25-14-11-23/h2-8,15H,9-14H2,1H3/b18-15+. The number of carbonyl (C=O) groups excluding carboxylic acids is 1. The molecule has 1 saturated heterocycles. The number of Topliss-reactive ketones (excluding diaryl/α,β-unsaturated/α-hetero) is 1. The largest absolute Gasteiger partial charge is 0.492 e. The zero-order valence-electron chi connectivity index (χ0n) is 15.0. The number of nitrogens with zero attached hydrogens (tertiary/aromatic N) is 1. The average Bonchev–Trinajstić information content (AvgIpc) is 2.84. The molecule has 1 fully saturated rings. The molecule has 2 aromatic carbocycles. The summed E-state index contributed by atoms with van der Waals surface area (Å²) in [7, 11) is 0. The summed E-state index contributed by atoms with van der Waals surface area (Å²) in [4.78, 5) is 15.3. The van der Waals surface area contributed by atoms with Gasteiger partial charge in [-0.3, -0.25) is 4.79 Å². The highest BCUT2D eigenvalue weighted by atomic mass is 16.5. The first-order valence-electron chi connectivity index (χ1n) is 9.13. The second-order valence-corrected chi connectivity index (χ2v) is 6.74. The number of rotatable bonds is 2. The van der Waals surface area contributed by atoms with Crippen molar-refractivity contribution in [3.63, 3.8) is 0 Å². The minimum atomic E-state index is 0.0680. The monoisotopic (exact) mass is 349 g/mol. The van der Waals surface area contributed by atoms with Crippen LogP contribution in [0.4, 0.5) is 5.69 Å². The summed E-state index contributed by atoms with van der Waals surface area (Å²) in [6, 6.07) is 14.1. The van der Waals surface area contributed by atoms with Crippen LogP contribution in [0.3, 0.4) is 0 Å². The SMILES string of the molecule is Cc1cccc2c1OCC/C(=C\c1ccc(N3CCOCC3)cc1)C2=O. The van der Waals surface area contributed by atoms with Crippen LogP contribution >= 0.6 is 0 Å². The first-order valence-corrected chi connectivity index (χ1v) is 9.13. The first-order chi connectivity index (χ1) is 12.7. The van der Waals surface area contributed by atoms with Gasteiger partial charge in [-0.1, -0.05) is 24.3 Å². The molecule has 4 nitrogen and oxygen atoms in total. The van der Waals surface area contributed by atoms with E-state index in [9.17, 15) is 4.79 Å². The van der Waals surface area contributed by atoms with Crippen LogP contribution in [0.25, 0.3) is 6.08 Å². The molecule has 0 aliphatic carbocycles. The molecule has 0 saturated carbocycles. The van der Waals surface area contributed by atoms with Gasteiger partial charge in [-0.2, -0.15) is 0 Å². The molecule has 2 heterocycles. The van der Waals surface area contributed by atoms with Gasteiger partial charge in [0.1, 0.15) is 5.75 Å². The Morgan fingerprint density at radius 3 is 2.54 bits per heavy atom. The van der Waals surface area contributed by atoms with Gasteiger partial charge in [0.05, 0.1) is 25.4 Å². The average molecular weight is 349 g/mol. The number of ether oxygens (including phenoxy) is 2. The fraction of sp³-hybridized carbons (Fsp3) is 0.318. The van der Waals surface area contributed by atoms with E-state index in [4.69, 9.17) is 9.47 Å². The minimum Gasteiger partial charge on any atom is -0.492 e. The number of morpholine rings is 1. The fourth-order valence-corrected chi connectivity index (χ4v) is 3.51. The van der Waals surface area contributed by atoms with Crippen molar-refractivity contribution in [3.8, 4) is 5.75 Å². The van der Waals surface area contributed by atoms with Crippen molar-refractivity contribution < 1.29 is 14.3 Å².